The van der Waals surface area contributed by atoms with Crippen LogP contribution < -0.4 is 5.43 Å². The topological polar surface area (TPSA) is 45.3 Å². The highest BCUT2D eigenvalue weighted by molar-refractivity contribution is 5.59. The Morgan fingerprint density at radius 3 is 2.85 bits per heavy atom. The highest BCUT2D eigenvalue weighted by Gasteiger charge is 2.01. The Morgan fingerprint density at radius 2 is 2.08 bits per heavy atom. The Labute approximate surface area is 74.5 Å². The van der Waals surface area contributed by atoms with Gasteiger partial charge in [0, 0.05) is 18.5 Å². The van der Waals surface area contributed by atoms with Gasteiger partial charge in [-0.25, -0.2) is 0 Å². The largest absolute Gasteiger partial charge is 0.322 e. The minimum absolute atomic E-state index is 0.197. The van der Waals surface area contributed by atoms with Crippen molar-refractivity contribution in [2.45, 2.75) is 0 Å². The molecule has 0 atom stereocenters. The third-order valence-corrected chi connectivity index (χ3v) is 1.89. The van der Waals surface area contributed by atoms with Crippen LogP contribution >= 0.6 is 0 Å². The average molecular weight is 170 g/mol. The Morgan fingerprint density at radius 1 is 1.23 bits per heavy atom. The van der Waals surface area contributed by atoms with Gasteiger partial charge in [0.1, 0.15) is 11.6 Å². The second-order valence-electron chi connectivity index (χ2n) is 2.66. The molecule has 0 saturated carbocycles. The smallest absolute Gasteiger partial charge is 0.199 e. The quantitative estimate of drug-likeness (QED) is 0.595. The van der Waals surface area contributed by atoms with Gasteiger partial charge in [0.05, 0.1) is 5.52 Å². The summed E-state index contributed by atoms with van der Waals surface area (Å²) in [6, 6.07) is 8.70. The molecule has 62 valence electrons. The molecule has 0 amide bonds. The fourth-order valence-electron chi connectivity index (χ4n) is 1.27. The lowest BCUT2D eigenvalue weighted by Crippen LogP contribution is -2.07. The molecule has 3 heteroatoms. The summed E-state index contributed by atoms with van der Waals surface area (Å²) < 4.78 is 1.75. The van der Waals surface area contributed by atoms with Crippen molar-refractivity contribution < 1.29 is 0 Å². The summed E-state index contributed by atoms with van der Waals surface area (Å²) in [7, 11) is 0. The van der Waals surface area contributed by atoms with Crippen LogP contribution in [0.1, 0.15) is 5.56 Å². The van der Waals surface area contributed by atoms with Gasteiger partial charge in [-0.15, -0.1) is 0 Å². The van der Waals surface area contributed by atoms with E-state index in [1.807, 2.05) is 12.1 Å². The minimum atomic E-state index is -0.228. The normalized spacial score (nSPS) is 9.77. The van der Waals surface area contributed by atoms with E-state index in [0.717, 1.165) is 0 Å². The lowest BCUT2D eigenvalue weighted by atomic mass is 10.2. The van der Waals surface area contributed by atoms with Gasteiger partial charge in [-0.1, -0.05) is 6.07 Å². The molecule has 2 aromatic rings. The van der Waals surface area contributed by atoms with Crippen LogP contribution in [0, 0.1) is 11.3 Å². The SMILES string of the molecule is N#Cc1c(=O)ccn2ccccc12. The summed E-state index contributed by atoms with van der Waals surface area (Å²) >= 11 is 0. The van der Waals surface area contributed by atoms with Crippen molar-refractivity contribution in [2.75, 3.05) is 0 Å². The molecule has 0 aliphatic heterocycles. The molecule has 0 spiro atoms. The van der Waals surface area contributed by atoms with Crippen LogP contribution in [0.3, 0.4) is 0 Å². The van der Waals surface area contributed by atoms with E-state index in [0.29, 0.717) is 5.52 Å². The van der Waals surface area contributed by atoms with Gasteiger partial charge in [0.15, 0.2) is 5.43 Å². The number of nitriles is 1. The van der Waals surface area contributed by atoms with Crippen molar-refractivity contribution in [1.82, 2.24) is 4.40 Å². The Kier molecular flexibility index (Phi) is 1.60. The standard InChI is InChI=1S/C10H6N2O/c11-7-8-9-3-1-2-5-12(9)6-4-10(8)13/h1-6H. The van der Waals surface area contributed by atoms with Gasteiger partial charge in [0.2, 0.25) is 0 Å². The third kappa shape index (κ3) is 1.09. The Hall–Kier alpha value is -2.08. The van der Waals surface area contributed by atoms with E-state index in [1.54, 1.807) is 28.9 Å². The molecule has 0 N–H and O–H groups in total. The van der Waals surface area contributed by atoms with Crippen LogP contribution in [0.15, 0.2) is 41.5 Å². The van der Waals surface area contributed by atoms with Crippen LogP contribution in [0.2, 0.25) is 0 Å². The van der Waals surface area contributed by atoms with Crippen molar-refractivity contribution in [1.29, 1.82) is 5.26 Å². The van der Waals surface area contributed by atoms with Gasteiger partial charge in [-0.2, -0.15) is 5.26 Å². The van der Waals surface area contributed by atoms with Crippen LogP contribution in [0.25, 0.3) is 5.52 Å². The van der Waals surface area contributed by atoms with Crippen molar-refractivity contribution in [3.8, 4) is 6.07 Å². The summed E-state index contributed by atoms with van der Waals surface area (Å²) in [5.41, 5.74) is 0.620. The number of hydrogen-bond acceptors (Lipinski definition) is 2. The Bertz CT molecular complexity index is 549. The van der Waals surface area contributed by atoms with E-state index in [2.05, 4.69) is 0 Å². The zero-order valence-corrected chi connectivity index (χ0v) is 6.77. The van der Waals surface area contributed by atoms with E-state index in [1.165, 1.54) is 6.07 Å². The summed E-state index contributed by atoms with van der Waals surface area (Å²) in [6.07, 6.45) is 3.45. The Balaban J connectivity index is 3.03. The molecular weight excluding hydrogens is 164 g/mol. The van der Waals surface area contributed by atoms with Crippen molar-refractivity contribution >= 4 is 5.52 Å². The first-order valence-corrected chi connectivity index (χ1v) is 3.83. The first-order valence-electron chi connectivity index (χ1n) is 3.83. The van der Waals surface area contributed by atoms with Crippen LogP contribution in [-0.4, -0.2) is 4.40 Å². The molecule has 2 heterocycles. The zero-order valence-electron chi connectivity index (χ0n) is 6.77. The maximum atomic E-state index is 11.2. The average Bonchev–Trinajstić information content (AvgIpc) is 2.18. The van der Waals surface area contributed by atoms with Crippen molar-refractivity contribution in [3.63, 3.8) is 0 Å². The van der Waals surface area contributed by atoms with Crippen LogP contribution in [0.4, 0.5) is 0 Å². The van der Waals surface area contributed by atoms with Gasteiger partial charge in [-0.3, -0.25) is 4.79 Å². The molecule has 2 rings (SSSR count). The molecule has 0 aromatic carbocycles. The second-order valence-corrected chi connectivity index (χ2v) is 2.66. The van der Waals surface area contributed by atoms with Crippen LogP contribution in [-0.2, 0) is 0 Å². The van der Waals surface area contributed by atoms with E-state index < -0.39 is 0 Å². The number of hydrogen-bond donors (Lipinski definition) is 0. The van der Waals surface area contributed by atoms with Crippen molar-refractivity contribution in [2.24, 2.45) is 0 Å². The number of nitrogens with zero attached hydrogens (tertiary/aromatic N) is 2. The van der Waals surface area contributed by atoms with Gasteiger partial charge in [0.25, 0.3) is 0 Å². The van der Waals surface area contributed by atoms with Gasteiger partial charge >= 0.3 is 0 Å². The van der Waals surface area contributed by atoms with E-state index in [4.69, 9.17) is 5.26 Å². The van der Waals surface area contributed by atoms with Crippen LogP contribution in [0.5, 0.6) is 0 Å². The highest BCUT2D eigenvalue weighted by Crippen LogP contribution is 2.04. The lowest BCUT2D eigenvalue weighted by Gasteiger charge is -1.99. The molecule has 0 bridgehead atoms. The highest BCUT2D eigenvalue weighted by atomic mass is 16.1. The molecule has 0 fully saturated rings. The summed E-state index contributed by atoms with van der Waals surface area (Å²) in [4.78, 5) is 11.2. The summed E-state index contributed by atoms with van der Waals surface area (Å²) in [5, 5.41) is 8.75. The predicted molar refractivity (Wildman–Crippen MR) is 48.4 cm³/mol. The molecule has 13 heavy (non-hydrogen) atoms. The fourth-order valence-corrected chi connectivity index (χ4v) is 1.27. The maximum absolute atomic E-state index is 11.2. The third-order valence-electron chi connectivity index (χ3n) is 1.89. The molecule has 3 nitrogen and oxygen atoms in total. The number of fused-ring (bicyclic) bond motifs is 1. The van der Waals surface area contributed by atoms with E-state index in [9.17, 15) is 4.79 Å². The van der Waals surface area contributed by atoms with Gasteiger partial charge in [-0.05, 0) is 12.1 Å². The molecule has 0 aliphatic rings. The van der Waals surface area contributed by atoms with Gasteiger partial charge < -0.3 is 4.40 Å². The zero-order chi connectivity index (χ0) is 9.26. The molecule has 0 unspecified atom stereocenters. The molecule has 0 radical (unpaired) electrons. The lowest BCUT2D eigenvalue weighted by molar-refractivity contribution is 1.15. The fraction of sp³-hybridized carbons (Fsp3) is 0. The van der Waals surface area contributed by atoms with Crippen molar-refractivity contribution in [3.05, 3.63) is 52.4 Å². The number of rotatable bonds is 0. The summed E-state index contributed by atoms with van der Waals surface area (Å²) in [6.45, 7) is 0. The summed E-state index contributed by atoms with van der Waals surface area (Å²) in [5.74, 6) is 0. The number of pyridine rings is 2. The number of aromatic nitrogens is 1. The maximum Gasteiger partial charge on any atom is 0.199 e. The monoisotopic (exact) mass is 170 g/mol. The minimum Gasteiger partial charge on any atom is -0.322 e. The van der Waals surface area contributed by atoms with E-state index in [-0.39, 0.29) is 11.0 Å². The first kappa shape index (κ1) is 7.56. The molecular formula is C10H6N2O. The van der Waals surface area contributed by atoms with E-state index >= 15 is 0 Å². The first-order chi connectivity index (χ1) is 6.33. The second kappa shape index (κ2) is 2.76. The predicted octanol–water partition coefficient (Wildman–Crippen LogP) is 1.17. The molecule has 2 aromatic heterocycles. The molecule has 0 saturated heterocycles. The molecule has 0 aliphatic carbocycles.